The van der Waals surface area contributed by atoms with Crippen molar-refractivity contribution in [3.05, 3.63) is 112 Å². The monoisotopic (exact) mass is 583 g/mol. The molecule has 1 unspecified atom stereocenters. The zero-order valence-electron chi connectivity index (χ0n) is 22.8. The number of methoxy groups -OCH3 is 3. The van der Waals surface area contributed by atoms with Crippen molar-refractivity contribution in [1.29, 1.82) is 0 Å². The fourth-order valence-electron chi connectivity index (χ4n) is 4.56. The molecule has 2 amide bonds. The first-order valence-corrected chi connectivity index (χ1v) is 13.5. The molecule has 2 heterocycles. The van der Waals surface area contributed by atoms with E-state index in [2.05, 4.69) is 5.32 Å². The zero-order chi connectivity index (χ0) is 29.8. The fourth-order valence-corrected chi connectivity index (χ4v) is 5.49. The van der Waals surface area contributed by atoms with E-state index in [9.17, 15) is 19.2 Å². The molecule has 0 saturated heterocycles. The number of hydrogen-bond donors (Lipinski definition) is 1. The van der Waals surface area contributed by atoms with Gasteiger partial charge < -0.3 is 19.5 Å². The lowest BCUT2D eigenvalue weighted by atomic mass is 9.91. The Balaban J connectivity index is 1.57. The van der Waals surface area contributed by atoms with Gasteiger partial charge in [-0.05, 0) is 53.7 Å². The van der Waals surface area contributed by atoms with Crippen molar-refractivity contribution in [2.45, 2.75) is 6.04 Å². The van der Waals surface area contributed by atoms with E-state index in [4.69, 9.17) is 19.2 Å². The van der Waals surface area contributed by atoms with Gasteiger partial charge in [0.05, 0.1) is 49.1 Å². The summed E-state index contributed by atoms with van der Waals surface area (Å²) in [7, 11) is 4.08. The lowest BCUT2D eigenvalue weighted by Gasteiger charge is -2.38. The van der Waals surface area contributed by atoms with Crippen LogP contribution in [0.25, 0.3) is 5.70 Å². The predicted molar refractivity (Wildman–Crippen MR) is 157 cm³/mol. The van der Waals surface area contributed by atoms with Gasteiger partial charge in [0, 0.05) is 17.3 Å². The Labute approximate surface area is 245 Å². The molecule has 0 aromatic heterocycles. The van der Waals surface area contributed by atoms with Crippen LogP contribution in [0, 0.1) is 0 Å². The number of amidine groups is 1. The number of amides is 2. The van der Waals surface area contributed by atoms with Gasteiger partial charge in [0.1, 0.15) is 5.75 Å². The smallest absolute Gasteiger partial charge is 0.338 e. The molecule has 3 aromatic rings. The minimum atomic E-state index is -0.915. The highest BCUT2D eigenvalue weighted by Gasteiger charge is 2.43. The lowest BCUT2D eigenvalue weighted by molar-refractivity contribution is -0.137. The van der Waals surface area contributed by atoms with Gasteiger partial charge in [0.15, 0.2) is 5.17 Å². The summed E-state index contributed by atoms with van der Waals surface area (Å²) in [5.74, 6) is -1.69. The summed E-state index contributed by atoms with van der Waals surface area (Å²) in [5, 5.41) is 2.96. The highest BCUT2D eigenvalue weighted by atomic mass is 32.2. The van der Waals surface area contributed by atoms with Gasteiger partial charge >= 0.3 is 11.9 Å². The molecule has 2 aliphatic heterocycles. The maximum atomic E-state index is 13.7. The van der Waals surface area contributed by atoms with Crippen LogP contribution in [0.1, 0.15) is 27.5 Å². The largest absolute Gasteiger partial charge is 0.497 e. The SMILES string of the molecule is COC(=O)C1=C(c2ccccc2)N=C2SC(C(=O)Nc3ccc(C(=O)OC)cc3)=CC(=O)N2C1c1cccc(OC)c1. The van der Waals surface area contributed by atoms with Crippen LogP contribution >= 0.6 is 11.8 Å². The average molecular weight is 584 g/mol. The van der Waals surface area contributed by atoms with E-state index in [1.54, 1.807) is 48.5 Å². The molecule has 2 aliphatic rings. The highest BCUT2D eigenvalue weighted by molar-refractivity contribution is 8.18. The molecule has 0 radical (unpaired) electrons. The van der Waals surface area contributed by atoms with Gasteiger partial charge in [-0.2, -0.15) is 0 Å². The molecule has 212 valence electrons. The molecule has 0 bridgehead atoms. The Morgan fingerprint density at radius 3 is 2.26 bits per heavy atom. The van der Waals surface area contributed by atoms with E-state index in [0.717, 1.165) is 11.8 Å². The summed E-state index contributed by atoms with van der Waals surface area (Å²) >= 11 is 0.999. The molecule has 0 spiro atoms. The molecule has 10 nitrogen and oxygen atoms in total. The number of rotatable bonds is 7. The number of nitrogens with zero attached hydrogens (tertiary/aromatic N) is 2. The Morgan fingerprint density at radius 2 is 1.60 bits per heavy atom. The molecule has 1 N–H and O–H groups in total. The molecule has 1 atom stereocenters. The number of aliphatic imine (C=N–C) groups is 1. The van der Waals surface area contributed by atoms with Crippen LogP contribution in [0.2, 0.25) is 0 Å². The summed E-state index contributed by atoms with van der Waals surface area (Å²) in [5.41, 5.74) is 2.47. The minimum absolute atomic E-state index is 0.102. The van der Waals surface area contributed by atoms with Crippen LogP contribution in [0.15, 0.2) is 100 Å². The predicted octanol–water partition coefficient (Wildman–Crippen LogP) is 4.57. The first kappa shape index (κ1) is 28.4. The summed E-state index contributed by atoms with van der Waals surface area (Å²) < 4.78 is 15.3. The average Bonchev–Trinajstić information content (AvgIpc) is 3.03. The number of carbonyl (C=O) groups excluding carboxylic acids is 4. The highest BCUT2D eigenvalue weighted by Crippen LogP contribution is 2.45. The van der Waals surface area contributed by atoms with E-state index < -0.39 is 29.8 Å². The van der Waals surface area contributed by atoms with Crippen LogP contribution in [0.4, 0.5) is 5.69 Å². The number of anilines is 1. The second-order valence-electron chi connectivity index (χ2n) is 9.04. The maximum Gasteiger partial charge on any atom is 0.338 e. The first-order valence-electron chi connectivity index (χ1n) is 12.7. The minimum Gasteiger partial charge on any atom is -0.497 e. The summed E-state index contributed by atoms with van der Waals surface area (Å²) in [6.07, 6.45) is 1.21. The molecule has 0 aliphatic carbocycles. The maximum absolute atomic E-state index is 13.7. The van der Waals surface area contributed by atoms with Gasteiger partial charge in [-0.3, -0.25) is 14.5 Å². The van der Waals surface area contributed by atoms with Gasteiger partial charge in [-0.25, -0.2) is 14.6 Å². The summed E-state index contributed by atoms with van der Waals surface area (Å²) in [4.78, 5) is 58.2. The van der Waals surface area contributed by atoms with Crippen LogP contribution in [-0.4, -0.2) is 55.1 Å². The first-order chi connectivity index (χ1) is 20.3. The van der Waals surface area contributed by atoms with E-state index in [0.29, 0.717) is 33.8 Å². The number of nitrogens with one attached hydrogen (secondary N) is 1. The third-order valence-corrected chi connectivity index (χ3v) is 7.54. The fraction of sp³-hybridized carbons (Fsp3) is 0.129. The normalized spacial score (nSPS) is 16.1. The van der Waals surface area contributed by atoms with E-state index in [1.165, 1.54) is 44.4 Å². The van der Waals surface area contributed by atoms with Crippen molar-refractivity contribution in [1.82, 2.24) is 4.90 Å². The molecular formula is C31H25N3O7S. The number of esters is 2. The molecule has 42 heavy (non-hydrogen) atoms. The topological polar surface area (TPSA) is 124 Å². The van der Waals surface area contributed by atoms with Crippen molar-refractivity contribution in [2.24, 2.45) is 4.99 Å². The van der Waals surface area contributed by atoms with E-state index >= 15 is 0 Å². The Kier molecular flexibility index (Phi) is 8.21. The molecule has 0 saturated carbocycles. The van der Waals surface area contributed by atoms with Crippen molar-refractivity contribution in [3.8, 4) is 5.75 Å². The van der Waals surface area contributed by atoms with E-state index in [1.807, 2.05) is 18.2 Å². The molecule has 11 heteroatoms. The van der Waals surface area contributed by atoms with Crippen LogP contribution in [0.3, 0.4) is 0 Å². The third kappa shape index (κ3) is 5.54. The second-order valence-corrected chi connectivity index (χ2v) is 10.0. The standard InChI is InChI=1S/C31H25N3O7S/c1-39-22-11-7-10-20(16-22)27-25(30(38)41-3)26(18-8-5-4-6-9-18)33-31-34(27)24(35)17-23(42-31)28(36)32-21-14-12-19(13-15-21)29(37)40-2/h4-17,27H,1-3H3,(H,32,36). The molecule has 0 fully saturated rings. The molecule has 5 rings (SSSR count). The second kappa shape index (κ2) is 12.1. The van der Waals surface area contributed by atoms with Crippen molar-refractivity contribution in [2.75, 3.05) is 26.6 Å². The van der Waals surface area contributed by atoms with Gasteiger partial charge in [-0.1, -0.05) is 42.5 Å². The molecular weight excluding hydrogens is 558 g/mol. The Bertz CT molecular complexity index is 1660. The van der Waals surface area contributed by atoms with Crippen molar-refractivity contribution >= 4 is 52.1 Å². The van der Waals surface area contributed by atoms with Crippen LogP contribution in [0.5, 0.6) is 5.75 Å². The van der Waals surface area contributed by atoms with Crippen molar-refractivity contribution < 1.29 is 33.4 Å². The zero-order valence-corrected chi connectivity index (χ0v) is 23.6. The quantitative estimate of drug-likeness (QED) is 0.401. The number of carbonyl (C=O) groups is 4. The number of fused-ring (bicyclic) bond motifs is 1. The molecule has 3 aromatic carbocycles. The van der Waals surface area contributed by atoms with Gasteiger partial charge in [0.2, 0.25) is 0 Å². The van der Waals surface area contributed by atoms with Gasteiger partial charge in [-0.15, -0.1) is 0 Å². The number of benzene rings is 3. The Hall–Kier alpha value is -5.16. The number of ether oxygens (including phenoxy) is 3. The lowest BCUT2D eigenvalue weighted by Crippen LogP contribution is -2.45. The van der Waals surface area contributed by atoms with Crippen molar-refractivity contribution in [3.63, 3.8) is 0 Å². The summed E-state index contributed by atoms with van der Waals surface area (Å²) in [6.45, 7) is 0. The third-order valence-electron chi connectivity index (χ3n) is 6.54. The van der Waals surface area contributed by atoms with Gasteiger partial charge in [0.25, 0.3) is 11.8 Å². The van der Waals surface area contributed by atoms with E-state index in [-0.39, 0.29) is 15.6 Å². The van der Waals surface area contributed by atoms with Crippen LogP contribution < -0.4 is 10.1 Å². The summed E-state index contributed by atoms with van der Waals surface area (Å²) in [6, 6.07) is 21.3. The Morgan fingerprint density at radius 1 is 0.881 bits per heavy atom. The number of hydrogen-bond acceptors (Lipinski definition) is 9. The van der Waals surface area contributed by atoms with Crippen LogP contribution in [-0.2, 0) is 23.9 Å². The number of thioether (sulfide) groups is 1.